The Hall–Kier alpha value is -2.89. The number of carbonyl (C=O) groups is 3. The van der Waals surface area contributed by atoms with E-state index in [1.54, 1.807) is 30.3 Å². The third-order valence-electron chi connectivity index (χ3n) is 4.10. The quantitative estimate of drug-likeness (QED) is 0.561. The highest BCUT2D eigenvalue weighted by molar-refractivity contribution is 5.99. The molecule has 0 aliphatic carbocycles. The number of esters is 2. The molecule has 0 saturated carbocycles. The van der Waals surface area contributed by atoms with Crippen molar-refractivity contribution in [3.8, 4) is 5.69 Å². The molecule has 0 fully saturated rings. The van der Waals surface area contributed by atoms with E-state index in [-0.39, 0.29) is 18.4 Å². The van der Waals surface area contributed by atoms with Gasteiger partial charge in [-0.3, -0.25) is 9.59 Å². The van der Waals surface area contributed by atoms with E-state index in [0.717, 1.165) is 17.1 Å². The minimum Gasteiger partial charge on any atom is -0.465 e. The first kappa shape index (κ1) is 19.4. The molecule has 0 N–H and O–H groups in total. The fourth-order valence-corrected chi connectivity index (χ4v) is 2.81. The van der Waals surface area contributed by atoms with Crippen LogP contribution in [0.5, 0.6) is 0 Å². The average Bonchev–Trinajstić information content (AvgIpc) is 2.94. The van der Waals surface area contributed by atoms with Gasteiger partial charge < -0.3 is 14.0 Å². The molecule has 2 aromatic rings. The first-order chi connectivity index (χ1) is 12.4. The van der Waals surface area contributed by atoms with Crippen LogP contribution in [0.2, 0.25) is 0 Å². The van der Waals surface area contributed by atoms with Crippen molar-refractivity contribution in [1.29, 1.82) is 0 Å². The maximum absolute atomic E-state index is 12.4. The van der Waals surface area contributed by atoms with Gasteiger partial charge in [-0.05, 0) is 50.6 Å². The van der Waals surface area contributed by atoms with Crippen LogP contribution in [-0.2, 0) is 14.3 Å². The Morgan fingerprint density at radius 2 is 1.73 bits per heavy atom. The zero-order valence-electron chi connectivity index (χ0n) is 15.5. The van der Waals surface area contributed by atoms with Gasteiger partial charge >= 0.3 is 11.9 Å². The molecule has 1 heterocycles. The van der Waals surface area contributed by atoms with E-state index in [1.807, 2.05) is 25.3 Å². The molecule has 0 spiro atoms. The molecule has 0 saturated heterocycles. The van der Waals surface area contributed by atoms with Crippen LogP contribution in [0.4, 0.5) is 0 Å². The molecule has 6 nitrogen and oxygen atoms in total. The molecule has 26 heavy (non-hydrogen) atoms. The van der Waals surface area contributed by atoms with Crippen molar-refractivity contribution in [1.82, 2.24) is 4.57 Å². The van der Waals surface area contributed by atoms with E-state index in [9.17, 15) is 14.4 Å². The van der Waals surface area contributed by atoms with Gasteiger partial charge in [0, 0.05) is 29.1 Å². The summed E-state index contributed by atoms with van der Waals surface area (Å²) in [6, 6.07) is 8.71. The molecule has 1 aromatic carbocycles. The van der Waals surface area contributed by atoms with Gasteiger partial charge in [0.1, 0.15) is 0 Å². The van der Waals surface area contributed by atoms with Crippen LogP contribution in [0.3, 0.4) is 0 Å². The molecule has 0 unspecified atom stereocenters. The molecule has 0 aliphatic rings. The third kappa shape index (κ3) is 4.20. The van der Waals surface area contributed by atoms with Crippen LogP contribution in [0.25, 0.3) is 5.69 Å². The van der Waals surface area contributed by atoms with Gasteiger partial charge in [0.15, 0.2) is 6.61 Å². The Kier molecular flexibility index (Phi) is 6.33. The van der Waals surface area contributed by atoms with E-state index in [2.05, 4.69) is 0 Å². The number of methoxy groups -OCH3 is 1. The summed E-state index contributed by atoms with van der Waals surface area (Å²) in [5.74, 6) is -1.00. The lowest BCUT2D eigenvalue weighted by molar-refractivity contribution is -0.142. The second-order valence-corrected chi connectivity index (χ2v) is 5.99. The summed E-state index contributed by atoms with van der Waals surface area (Å²) >= 11 is 0. The van der Waals surface area contributed by atoms with E-state index in [1.165, 1.54) is 7.11 Å². The number of nitrogens with zero attached hydrogens (tertiary/aromatic N) is 1. The number of carbonyl (C=O) groups excluding carboxylic acids is 3. The molecule has 6 heteroatoms. The number of ether oxygens (including phenoxy) is 2. The molecule has 0 amide bonds. The van der Waals surface area contributed by atoms with Crippen molar-refractivity contribution in [2.45, 2.75) is 33.6 Å². The van der Waals surface area contributed by atoms with Crippen LogP contribution in [0, 0.1) is 13.8 Å². The number of hydrogen-bond donors (Lipinski definition) is 0. The Bertz CT molecular complexity index is 817. The van der Waals surface area contributed by atoms with Gasteiger partial charge in [-0.1, -0.05) is 6.92 Å². The van der Waals surface area contributed by atoms with Gasteiger partial charge in [0.05, 0.1) is 12.7 Å². The lowest BCUT2D eigenvalue weighted by Gasteiger charge is -2.10. The predicted octanol–water partition coefficient (Wildman–Crippen LogP) is 3.41. The normalized spacial score (nSPS) is 10.5. The van der Waals surface area contributed by atoms with Gasteiger partial charge in [-0.15, -0.1) is 0 Å². The standard InChI is InChI=1S/C20H23NO5/c1-5-6-19(23)26-12-18(22)17-11-13(2)21(14(17)3)16-9-7-15(8-10-16)20(24)25-4/h7-11H,5-6,12H2,1-4H3. The summed E-state index contributed by atoms with van der Waals surface area (Å²) in [6.07, 6.45) is 0.988. The summed E-state index contributed by atoms with van der Waals surface area (Å²) in [5, 5.41) is 0. The van der Waals surface area contributed by atoms with Gasteiger partial charge in [-0.2, -0.15) is 0 Å². The largest absolute Gasteiger partial charge is 0.465 e. The molecule has 2 rings (SSSR count). The number of Topliss-reactive ketones (excluding diaryl/α,β-unsaturated/α-hetero) is 1. The Morgan fingerprint density at radius 3 is 2.31 bits per heavy atom. The Balaban J connectivity index is 2.23. The van der Waals surface area contributed by atoms with Gasteiger partial charge in [0.25, 0.3) is 0 Å². The summed E-state index contributed by atoms with van der Waals surface area (Å²) in [6.45, 7) is 5.34. The highest BCUT2D eigenvalue weighted by Crippen LogP contribution is 2.22. The molecule has 138 valence electrons. The van der Waals surface area contributed by atoms with E-state index < -0.39 is 5.97 Å². The van der Waals surface area contributed by atoms with Crippen molar-refractivity contribution >= 4 is 17.7 Å². The zero-order chi connectivity index (χ0) is 19.3. The maximum Gasteiger partial charge on any atom is 0.337 e. The van der Waals surface area contributed by atoms with E-state index >= 15 is 0 Å². The maximum atomic E-state index is 12.4. The van der Waals surface area contributed by atoms with Crippen LogP contribution in [-0.4, -0.2) is 36.0 Å². The van der Waals surface area contributed by atoms with Gasteiger partial charge in [-0.25, -0.2) is 4.79 Å². The molecule has 0 aliphatic heterocycles. The zero-order valence-corrected chi connectivity index (χ0v) is 15.5. The fraction of sp³-hybridized carbons (Fsp3) is 0.350. The second kappa shape index (κ2) is 8.47. The molecule has 1 aromatic heterocycles. The SMILES string of the molecule is CCCC(=O)OCC(=O)c1cc(C)n(-c2ccc(C(=O)OC)cc2)c1C. The van der Waals surface area contributed by atoms with Crippen molar-refractivity contribution < 1.29 is 23.9 Å². The lowest BCUT2D eigenvalue weighted by atomic mass is 10.1. The van der Waals surface area contributed by atoms with Crippen LogP contribution >= 0.6 is 0 Å². The number of aromatic nitrogens is 1. The lowest BCUT2D eigenvalue weighted by Crippen LogP contribution is -2.14. The number of benzene rings is 1. The summed E-state index contributed by atoms with van der Waals surface area (Å²) in [5.41, 5.74) is 3.43. The predicted molar refractivity (Wildman–Crippen MR) is 96.8 cm³/mol. The first-order valence-electron chi connectivity index (χ1n) is 8.45. The molecular weight excluding hydrogens is 334 g/mol. The number of rotatable bonds is 7. The highest BCUT2D eigenvalue weighted by Gasteiger charge is 2.18. The first-order valence-corrected chi connectivity index (χ1v) is 8.45. The van der Waals surface area contributed by atoms with E-state index in [0.29, 0.717) is 24.0 Å². The smallest absolute Gasteiger partial charge is 0.337 e. The van der Waals surface area contributed by atoms with Crippen LogP contribution in [0.15, 0.2) is 30.3 Å². The number of hydrogen-bond acceptors (Lipinski definition) is 5. The Morgan fingerprint density at radius 1 is 1.08 bits per heavy atom. The topological polar surface area (TPSA) is 74.6 Å². The monoisotopic (exact) mass is 357 g/mol. The average molecular weight is 357 g/mol. The molecule has 0 bridgehead atoms. The van der Waals surface area contributed by atoms with Crippen LogP contribution in [0.1, 0.15) is 51.9 Å². The number of aryl methyl sites for hydroxylation is 1. The fourth-order valence-electron chi connectivity index (χ4n) is 2.81. The van der Waals surface area contributed by atoms with Crippen molar-refractivity contribution in [3.63, 3.8) is 0 Å². The third-order valence-corrected chi connectivity index (χ3v) is 4.10. The minimum absolute atomic E-state index is 0.236. The highest BCUT2D eigenvalue weighted by atomic mass is 16.5. The van der Waals surface area contributed by atoms with Crippen LogP contribution < -0.4 is 0 Å². The summed E-state index contributed by atoms with van der Waals surface area (Å²) < 4.78 is 11.6. The molecular formula is C20H23NO5. The number of ketones is 1. The van der Waals surface area contributed by atoms with Crippen molar-refractivity contribution in [3.05, 3.63) is 52.8 Å². The van der Waals surface area contributed by atoms with Crippen molar-refractivity contribution in [2.24, 2.45) is 0 Å². The minimum atomic E-state index is -0.401. The van der Waals surface area contributed by atoms with E-state index in [4.69, 9.17) is 9.47 Å². The second-order valence-electron chi connectivity index (χ2n) is 5.99. The molecule has 0 atom stereocenters. The summed E-state index contributed by atoms with van der Waals surface area (Å²) in [4.78, 5) is 35.4. The molecule has 0 radical (unpaired) electrons. The van der Waals surface area contributed by atoms with Crippen molar-refractivity contribution in [2.75, 3.05) is 13.7 Å². The Labute approximate surface area is 152 Å². The summed E-state index contributed by atoms with van der Waals surface area (Å²) in [7, 11) is 1.34. The van der Waals surface area contributed by atoms with Gasteiger partial charge in [0.2, 0.25) is 5.78 Å².